The molecule has 1 aromatic carbocycles. The average Bonchev–Trinajstić information content (AvgIpc) is 2.79. The van der Waals surface area contributed by atoms with Crippen molar-refractivity contribution in [2.24, 2.45) is 5.73 Å². The second-order valence-electron chi connectivity index (χ2n) is 3.37. The molecule has 1 aliphatic heterocycles. The SMILES string of the molecule is CN1[C@H](C(N)=O)[C@H]1c1ccccc1. The van der Waals surface area contributed by atoms with Crippen LogP contribution in [0.3, 0.4) is 0 Å². The number of rotatable bonds is 2. The highest BCUT2D eigenvalue weighted by atomic mass is 16.1. The van der Waals surface area contributed by atoms with Gasteiger partial charge in [-0.15, -0.1) is 0 Å². The number of primary amides is 1. The van der Waals surface area contributed by atoms with Crippen molar-refractivity contribution >= 4 is 5.91 Å². The molecule has 0 bridgehead atoms. The second-order valence-corrected chi connectivity index (χ2v) is 3.37. The van der Waals surface area contributed by atoms with E-state index in [9.17, 15) is 4.79 Å². The van der Waals surface area contributed by atoms with Crippen LogP contribution in [0, 0.1) is 0 Å². The number of likely N-dealkylation sites (N-methyl/N-ethyl adjacent to an activating group) is 1. The lowest BCUT2D eigenvalue weighted by molar-refractivity contribution is -0.118. The molecule has 2 N–H and O–H groups in total. The van der Waals surface area contributed by atoms with Crippen LogP contribution in [0.4, 0.5) is 0 Å². The van der Waals surface area contributed by atoms with Crippen LogP contribution in [0.25, 0.3) is 0 Å². The fourth-order valence-corrected chi connectivity index (χ4v) is 1.76. The van der Waals surface area contributed by atoms with Crippen LogP contribution in [-0.2, 0) is 4.79 Å². The van der Waals surface area contributed by atoms with Crippen molar-refractivity contribution < 1.29 is 4.79 Å². The maximum atomic E-state index is 10.9. The van der Waals surface area contributed by atoms with Gasteiger partial charge in [-0.05, 0) is 12.6 Å². The first kappa shape index (κ1) is 8.26. The largest absolute Gasteiger partial charge is 0.368 e. The Labute approximate surface area is 77.1 Å². The Morgan fingerprint density at radius 3 is 2.46 bits per heavy atom. The van der Waals surface area contributed by atoms with Gasteiger partial charge in [0.15, 0.2) is 0 Å². The van der Waals surface area contributed by atoms with Gasteiger partial charge in [-0.1, -0.05) is 30.3 Å². The lowest BCUT2D eigenvalue weighted by Crippen LogP contribution is -2.20. The fourth-order valence-electron chi connectivity index (χ4n) is 1.76. The number of amides is 1. The standard InChI is InChI=1S/C10H12N2O/c1-12-8(9(12)10(11)13)7-5-3-2-4-6-7/h2-6,8-9H,1H3,(H2,11,13)/t8-,9+,12?/m1/s1. The normalized spacial score (nSPS) is 31.3. The quantitative estimate of drug-likeness (QED) is 0.668. The molecule has 3 heteroatoms. The molecular weight excluding hydrogens is 164 g/mol. The smallest absolute Gasteiger partial charge is 0.236 e. The van der Waals surface area contributed by atoms with Gasteiger partial charge < -0.3 is 5.73 Å². The van der Waals surface area contributed by atoms with Crippen LogP contribution < -0.4 is 5.73 Å². The number of nitrogens with zero attached hydrogens (tertiary/aromatic N) is 1. The summed E-state index contributed by atoms with van der Waals surface area (Å²) in [4.78, 5) is 12.9. The van der Waals surface area contributed by atoms with Gasteiger partial charge in [0.25, 0.3) is 0 Å². The van der Waals surface area contributed by atoms with Gasteiger partial charge in [0, 0.05) is 0 Å². The second kappa shape index (κ2) is 2.85. The van der Waals surface area contributed by atoms with Crippen molar-refractivity contribution in [1.82, 2.24) is 4.90 Å². The molecule has 3 atom stereocenters. The maximum Gasteiger partial charge on any atom is 0.236 e. The third-order valence-corrected chi connectivity index (χ3v) is 2.52. The van der Waals surface area contributed by atoms with E-state index < -0.39 is 0 Å². The highest BCUT2D eigenvalue weighted by Gasteiger charge is 2.49. The predicted molar refractivity (Wildman–Crippen MR) is 49.9 cm³/mol. The van der Waals surface area contributed by atoms with Gasteiger partial charge >= 0.3 is 0 Å². The highest BCUT2D eigenvalue weighted by Crippen LogP contribution is 2.40. The third kappa shape index (κ3) is 1.31. The van der Waals surface area contributed by atoms with Crippen LogP contribution in [0.2, 0.25) is 0 Å². The van der Waals surface area contributed by atoms with E-state index in [4.69, 9.17) is 5.73 Å². The average molecular weight is 176 g/mol. The first-order valence-corrected chi connectivity index (χ1v) is 4.28. The molecule has 0 saturated carbocycles. The zero-order chi connectivity index (χ0) is 9.42. The molecule has 1 unspecified atom stereocenters. The van der Waals surface area contributed by atoms with Crippen molar-refractivity contribution in [3.8, 4) is 0 Å². The molecule has 1 aromatic rings. The topological polar surface area (TPSA) is 46.1 Å². The van der Waals surface area contributed by atoms with Gasteiger partial charge in [-0.3, -0.25) is 9.69 Å². The predicted octanol–water partition coefficient (Wildman–Crippen LogP) is 0.527. The minimum absolute atomic E-state index is 0.109. The van der Waals surface area contributed by atoms with Crippen LogP contribution in [0.15, 0.2) is 30.3 Å². The third-order valence-electron chi connectivity index (χ3n) is 2.52. The highest BCUT2D eigenvalue weighted by molar-refractivity contribution is 5.84. The Morgan fingerprint density at radius 2 is 2.00 bits per heavy atom. The summed E-state index contributed by atoms with van der Waals surface area (Å²) in [5, 5.41) is 0. The first-order valence-electron chi connectivity index (χ1n) is 4.28. The molecule has 1 aliphatic rings. The van der Waals surface area contributed by atoms with Crippen LogP contribution in [0.5, 0.6) is 0 Å². The number of hydrogen-bond donors (Lipinski definition) is 1. The van der Waals surface area contributed by atoms with Crippen LogP contribution >= 0.6 is 0 Å². The van der Waals surface area contributed by atoms with E-state index in [1.807, 2.05) is 42.3 Å². The van der Waals surface area contributed by atoms with E-state index >= 15 is 0 Å². The minimum Gasteiger partial charge on any atom is -0.368 e. The van der Waals surface area contributed by atoms with Gasteiger partial charge in [-0.2, -0.15) is 0 Å². The van der Waals surface area contributed by atoms with Gasteiger partial charge in [0.1, 0.15) is 6.04 Å². The van der Waals surface area contributed by atoms with E-state index in [2.05, 4.69) is 0 Å². The summed E-state index contributed by atoms with van der Waals surface area (Å²) >= 11 is 0. The number of nitrogens with two attached hydrogens (primary N) is 1. The zero-order valence-corrected chi connectivity index (χ0v) is 7.47. The number of carbonyl (C=O) groups excluding carboxylic acids is 1. The minimum atomic E-state index is -0.239. The molecule has 2 rings (SSSR count). The number of benzene rings is 1. The van der Waals surface area contributed by atoms with Crippen molar-refractivity contribution in [2.75, 3.05) is 7.05 Å². The van der Waals surface area contributed by atoms with Gasteiger partial charge in [-0.25, -0.2) is 0 Å². The van der Waals surface area contributed by atoms with Crippen molar-refractivity contribution in [2.45, 2.75) is 12.1 Å². The van der Waals surface area contributed by atoms with E-state index in [1.54, 1.807) is 0 Å². The molecule has 1 amide bonds. The molecule has 0 aliphatic carbocycles. The molecular formula is C10H12N2O. The van der Waals surface area contributed by atoms with Crippen LogP contribution in [-0.4, -0.2) is 23.9 Å². The lowest BCUT2D eigenvalue weighted by Gasteiger charge is -1.95. The molecule has 13 heavy (non-hydrogen) atoms. The van der Waals surface area contributed by atoms with Crippen molar-refractivity contribution in [3.05, 3.63) is 35.9 Å². The summed E-state index contributed by atoms with van der Waals surface area (Å²) in [7, 11) is 1.91. The summed E-state index contributed by atoms with van der Waals surface area (Å²) in [5.74, 6) is -0.239. The molecule has 0 spiro atoms. The Morgan fingerprint density at radius 1 is 1.38 bits per heavy atom. The van der Waals surface area contributed by atoms with Crippen molar-refractivity contribution in [1.29, 1.82) is 0 Å². The Hall–Kier alpha value is -1.35. The van der Waals surface area contributed by atoms with Gasteiger partial charge in [0.05, 0.1) is 6.04 Å². The summed E-state index contributed by atoms with van der Waals surface area (Å²) < 4.78 is 0. The molecule has 1 saturated heterocycles. The number of carbonyl (C=O) groups is 1. The van der Waals surface area contributed by atoms with E-state index in [0.717, 1.165) is 5.56 Å². The summed E-state index contributed by atoms with van der Waals surface area (Å²) in [6.45, 7) is 0. The molecule has 1 fully saturated rings. The number of hydrogen-bond acceptors (Lipinski definition) is 2. The van der Waals surface area contributed by atoms with Crippen molar-refractivity contribution in [3.63, 3.8) is 0 Å². The summed E-state index contributed by atoms with van der Waals surface area (Å²) in [6.07, 6.45) is 0. The molecule has 1 heterocycles. The van der Waals surface area contributed by atoms with E-state index in [0.29, 0.717) is 0 Å². The molecule has 0 aromatic heterocycles. The monoisotopic (exact) mass is 176 g/mol. The lowest BCUT2D eigenvalue weighted by atomic mass is 10.1. The van der Waals surface area contributed by atoms with Gasteiger partial charge in [0.2, 0.25) is 5.91 Å². The van der Waals surface area contributed by atoms with Crippen LogP contribution in [0.1, 0.15) is 11.6 Å². The first-order chi connectivity index (χ1) is 6.22. The summed E-state index contributed by atoms with van der Waals surface area (Å²) in [5.41, 5.74) is 6.40. The van der Waals surface area contributed by atoms with E-state index in [1.165, 1.54) is 0 Å². The molecule has 3 nitrogen and oxygen atoms in total. The Bertz CT molecular complexity index is 323. The fraction of sp³-hybridized carbons (Fsp3) is 0.300. The Kier molecular flexibility index (Phi) is 1.81. The maximum absolute atomic E-state index is 10.9. The molecule has 0 radical (unpaired) electrons. The molecule has 68 valence electrons. The zero-order valence-electron chi connectivity index (χ0n) is 7.47. The Balaban J connectivity index is 2.18. The summed E-state index contributed by atoms with van der Waals surface area (Å²) in [6, 6.07) is 10.0. The van der Waals surface area contributed by atoms with E-state index in [-0.39, 0.29) is 18.0 Å².